The highest BCUT2D eigenvalue weighted by atomic mass is 16.1. The van der Waals surface area contributed by atoms with Gasteiger partial charge in [-0.15, -0.1) is 0 Å². The lowest BCUT2D eigenvalue weighted by molar-refractivity contribution is 0.112. The minimum absolute atomic E-state index is 0.713. The summed E-state index contributed by atoms with van der Waals surface area (Å²) in [4.78, 5) is 13.2. The van der Waals surface area contributed by atoms with E-state index < -0.39 is 0 Å². The van der Waals surface area contributed by atoms with Crippen molar-refractivity contribution in [3.05, 3.63) is 29.8 Å². The third-order valence-electron chi connectivity index (χ3n) is 3.39. The second-order valence-electron chi connectivity index (χ2n) is 4.54. The predicted octanol–water partition coefficient (Wildman–Crippen LogP) is 2.59. The van der Waals surface area contributed by atoms with E-state index in [0.717, 1.165) is 30.6 Å². The zero-order chi connectivity index (χ0) is 10.8. The molecule has 0 saturated carbocycles. The number of hydrogen-bond acceptors (Lipinski definition) is 2. The SMILES string of the molecule is CC1CN(c2ccccc2C=O)CC1C. The maximum atomic E-state index is 10.9. The Morgan fingerprint density at radius 3 is 2.40 bits per heavy atom. The van der Waals surface area contributed by atoms with Crippen LogP contribution in [0.25, 0.3) is 0 Å². The maximum absolute atomic E-state index is 10.9. The van der Waals surface area contributed by atoms with Crippen LogP contribution in [0, 0.1) is 11.8 Å². The van der Waals surface area contributed by atoms with Gasteiger partial charge in [0.1, 0.15) is 0 Å². The Morgan fingerprint density at radius 1 is 1.20 bits per heavy atom. The summed E-state index contributed by atoms with van der Waals surface area (Å²) in [5.41, 5.74) is 1.89. The first-order valence-corrected chi connectivity index (χ1v) is 5.51. The number of hydrogen-bond donors (Lipinski definition) is 0. The topological polar surface area (TPSA) is 20.3 Å². The van der Waals surface area contributed by atoms with Gasteiger partial charge in [0.25, 0.3) is 0 Å². The molecular weight excluding hydrogens is 186 g/mol. The van der Waals surface area contributed by atoms with Gasteiger partial charge in [0, 0.05) is 24.3 Å². The largest absolute Gasteiger partial charge is 0.370 e. The molecule has 1 aliphatic rings. The molecule has 2 rings (SSSR count). The minimum Gasteiger partial charge on any atom is -0.370 e. The first kappa shape index (κ1) is 10.2. The van der Waals surface area contributed by atoms with Crippen LogP contribution in [0.3, 0.4) is 0 Å². The summed E-state index contributed by atoms with van der Waals surface area (Å²) in [7, 11) is 0. The van der Waals surface area contributed by atoms with Gasteiger partial charge in [0.15, 0.2) is 6.29 Å². The molecule has 2 atom stereocenters. The van der Waals surface area contributed by atoms with E-state index in [4.69, 9.17) is 0 Å². The molecule has 2 nitrogen and oxygen atoms in total. The Bertz CT molecular complexity index is 351. The van der Waals surface area contributed by atoms with Gasteiger partial charge in [0.2, 0.25) is 0 Å². The van der Waals surface area contributed by atoms with E-state index in [1.54, 1.807) is 0 Å². The summed E-state index contributed by atoms with van der Waals surface area (Å²) in [5, 5.41) is 0. The van der Waals surface area contributed by atoms with Crippen LogP contribution in [0.2, 0.25) is 0 Å². The van der Waals surface area contributed by atoms with E-state index in [2.05, 4.69) is 18.7 Å². The Kier molecular flexibility index (Phi) is 2.76. The molecule has 0 spiro atoms. The molecule has 1 aromatic rings. The Hall–Kier alpha value is -1.31. The Labute approximate surface area is 90.9 Å². The van der Waals surface area contributed by atoms with E-state index in [1.807, 2.05) is 24.3 Å². The van der Waals surface area contributed by atoms with Crippen molar-refractivity contribution in [3.63, 3.8) is 0 Å². The van der Waals surface area contributed by atoms with Crippen molar-refractivity contribution in [2.24, 2.45) is 11.8 Å². The lowest BCUT2D eigenvalue weighted by Crippen LogP contribution is -2.20. The second kappa shape index (κ2) is 4.05. The molecule has 0 bridgehead atoms. The van der Waals surface area contributed by atoms with E-state index in [1.165, 1.54) is 0 Å². The molecule has 0 aromatic heterocycles. The average Bonchev–Trinajstić information content (AvgIpc) is 2.59. The lowest BCUT2D eigenvalue weighted by Gasteiger charge is -2.19. The van der Waals surface area contributed by atoms with Crippen molar-refractivity contribution in [3.8, 4) is 0 Å². The molecule has 0 N–H and O–H groups in total. The van der Waals surface area contributed by atoms with Gasteiger partial charge >= 0.3 is 0 Å². The first-order valence-electron chi connectivity index (χ1n) is 5.51. The van der Waals surface area contributed by atoms with Crippen LogP contribution in [-0.4, -0.2) is 19.4 Å². The number of aldehydes is 1. The van der Waals surface area contributed by atoms with Gasteiger partial charge in [-0.25, -0.2) is 0 Å². The maximum Gasteiger partial charge on any atom is 0.152 e. The summed E-state index contributed by atoms with van der Waals surface area (Å²) in [5.74, 6) is 1.43. The molecule has 2 unspecified atom stereocenters. The summed E-state index contributed by atoms with van der Waals surface area (Å²) < 4.78 is 0. The van der Waals surface area contributed by atoms with Gasteiger partial charge < -0.3 is 4.90 Å². The third kappa shape index (κ3) is 1.89. The highest BCUT2D eigenvalue weighted by molar-refractivity contribution is 5.84. The van der Waals surface area contributed by atoms with Gasteiger partial charge in [-0.2, -0.15) is 0 Å². The second-order valence-corrected chi connectivity index (χ2v) is 4.54. The minimum atomic E-state index is 0.713. The fourth-order valence-corrected chi connectivity index (χ4v) is 2.20. The molecule has 1 saturated heterocycles. The van der Waals surface area contributed by atoms with E-state index in [-0.39, 0.29) is 0 Å². The molecule has 0 aliphatic carbocycles. The number of rotatable bonds is 2. The van der Waals surface area contributed by atoms with Crippen molar-refractivity contribution in [1.82, 2.24) is 0 Å². The van der Waals surface area contributed by atoms with Crippen molar-refractivity contribution >= 4 is 12.0 Å². The van der Waals surface area contributed by atoms with Crippen molar-refractivity contribution in [2.75, 3.05) is 18.0 Å². The fraction of sp³-hybridized carbons (Fsp3) is 0.462. The van der Waals surface area contributed by atoms with Gasteiger partial charge in [-0.05, 0) is 24.0 Å². The number of anilines is 1. The lowest BCUT2D eigenvalue weighted by atomic mass is 10.0. The zero-order valence-corrected chi connectivity index (χ0v) is 9.31. The molecular formula is C13H17NO. The highest BCUT2D eigenvalue weighted by Gasteiger charge is 2.26. The number of para-hydroxylation sites is 1. The highest BCUT2D eigenvalue weighted by Crippen LogP contribution is 2.29. The molecule has 1 aromatic carbocycles. The summed E-state index contributed by atoms with van der Waals surface area (Å²) in [6, 6.07) is 7.83. The van der Waals surface area contributed by atoms with Crippen LogP contribution in [-0.2, 0) is 0 Å². The smallest absolute Gasteiger partial charge is 0.152 e. The van der Waals surface area contributed by atoms with Crippen LogP contribution in [0.4, 0.5) is 5.69 Å². The van der Waals surface area contributed by atoms with Crippen molar-refractivity contribution in [2.45, 2.75) is 13.8 Å². The van der Waals surface area contributed by atoms with Crippen LogP contribution >= 0.6 is 0 Å². The number of nitrogens with zero attached hydrogens (tertiary/aromatic N) is 1. The quantitative estimate of drug-likeness (QED) is 0.689. The zero-order valence-electron chi connectivity index (χ0n) is 9.31. The van der Waals surface area contributed by atoms with Crippen molar-refractivity contribution in [1.29, 1.82) is 0 Å². The molecule has 0 amide bonds. The number of carbonyl (C=O) groups is 1. The van der Waals surface area contributed by atoms with Crippen LogP contribution < -0.4 is 4.90 Å². The Balaban J connectivity index is 2.27. The first-order chi connectivity index (χ1) is 7.22. The Morgan fingerprint density at radius 2 is 1.80 bits per heavy atom. The van der Waals surface area contributed by atoms with Crippen molar-refractivity contribution < 1.29 is 4.79 Å². The molecule has 1 heterocycles. The standard InChI is InChI=1S/C13H17NO/c1-10-7-14(8-11(10)2)13-6-4-3-5-12(13)9-15/h3-6,9-11H,7-8H2,1-2H3. The molecule has 80 valence electrons. The summed E-state index contributed by atoms with van der Waals surface area (Å²) in [6.07, 6.45) is 0.947. The predicted molar refractivity (Wildman–Crippen MR) is 62.4 cm³/mol. The fourth-order valence-electron chi connectivity index (χ4n) is 2.20. The van der Waals surface area contributed by atoms with Crippen LogP contribution in [0.15, 0.2) is 24.3 Å². The van der Waals surface area contributed by atoms with E-state index in [0.29, 0.717) is 11.8 Å². The summed E-state index contributed by atoms with van der Waals surface area (Å²) in [6.45, 7) is 6.67. The molecule has 15 heavy (non-hydrogen) atoms. The van der Waals surface area contributed by atoms with Gasteiger partial charge in [0.05, 0.1) is 0 Å². The normalized spacial score (nSPS) is 25.6. The molecule has 0 radical (unpaired) electrons. The van der Waals surface area contributed by atoms with Gasteiger partial charge in [-0.1, -0.05) is 26.0 Å². The monoisotopic (exact) mass is 203 g/mol. The average molecular weight is 203 g/mol. The molecule has 1 fully saturated rings. The number of carbonyl (C=O) groups excluding carboxylic acids is 1. The van der Waals surface area contributed by atoms with Crippen LogP contribution in [0.5, 0.6) is 0 Å². The van der Waals surface area contributed by atoms with E-state index >= 15 is 0 Å². The molecule has 1 aliphatic heterocycles. The van der Waals surface area contributed by atoms with Crippen LogP contribution in [0.1, 0.15) is 24.2 Å². The molecule has 2 heteroatoms. The van der Waals surface area contributed by atoms with E-state index in [9.17, 15) is 4.79 Å². The van der Waals surface area contributed by atoms with Gasteiger partial charge in [-0.3, -0.25) is 4.79 Å². The number of benzene rings is 1. The summed E-state index contributed by atoms with van der Waals surface area (Å²) >= 11 is 0. The third-order valence-corrected chi connectivity index (χ3v) is 3.39.